The van der Waals surface area contributed by atoms with Crippen LogP contribution in [0, 0.1) is 0 Å². The summed E-state index contributed by atoms with van der Waals surface area (Å²) in [6.45, 7) is 2.29. The van der Waals surface area contributed by atoms with Crippen molar-refractivity contribution in [2.24, 2.45) is 0 Å². The Hall–Kier alpha value is -5.66. The fraction of sp³-hybridized carbons (Fsp3) is 0.0667. The molecule has 1 heterocycles. The fourth-order valence-electron chi connectivity index (χ4n) is 7.11. The van der Waals surface area contributed by atoms with Crippen LogP contribution in [0.1, 0.15) is 18.4 Å². The number of rotatable bonds is 6. The van der Waals surface area contributed by atoms with Gasteiger partial charge in [0.2, 0.25) is 0 Å². The maximum absolute atomic E-state index is 3.34. The third-order valence-electron chi connectivity index (χ3n) is 9.33. The monoisotopic (exact) mass is 589 g/mol. The van der Waals surface area contributed by atoms with Crippen LogP contribution in [-0.4, -0.2) is 6.04 Å². The molecule has 1 aliphatic heterocycles. The van der Waals surface area contributed by atoms with Crippen molar-refractivity contribution in [1.82, 2.24) is 5.32 Å². The molecule has 1 nitrogen and oxygen atoms in total. The van der Waals surface area contributed by atoms with Crippen LogP contribution in [0.3, 0.4) is 0 Å². The van der Waals surface area contributed by atoms with E-state index in [0.717, 1.165) is 0 Å². The van der Waals surface area contributed by atoms with Crippen LogP contribution < -0.4 is 5.32 Å². The maximum atomic E-state index is 3.34. The number of fused-ring (bicyclic) bond motifs is 4. The lowest BCUT2D eigenvalue weighted by Gasteiger charge is -2.20. The SMILES string of the molecule is CC(/C=C\C=C\C1C=CC=CN1)c1ccc(-c2c3ccccc3c(-c3ccc4ccccc4c3)c3ccccc23)c2ccccc12. The molecule has 2 atom stereocenters. The molecule has 1 aliphatic rings. The Labute approximate surface area is 270 Å². The smallest absolute Gasteiger partial charge is 0.0629 e. The van der Waals surface area contributed by atoms with E-state index in [4.69, 9.17) is 0 Å². The minimum atomic E-state index is 0.238. The number of hydrogen-bond donors (Lipinski definition) is 1. The molecular formula is C45H35N. The predicted molar refractivity (Wildman–Crippen MR) is 199 cm³/mol. The van der Waals surface area contributed by atoms with E-state index in [-0.39, 0.29) is 12.0 Å². The fourth-order valence-corrected chi connectivity index (χ4v) is 7.11. The molecule has 46 heavy (non-hydrogen) atoms. The Balaban J connectivity index is 1.29. The summed E-state index contributed by atoms with van der Waals surface area (Å²) in [6, 6.07) is 47.2. The molecule has 0 bridgehead atoms. The van der Waals surface area contributed by atoms with Gasteiger partial charge in [-0.3, -0.25) is 0 Å². The normalized spacial score (nSPS) is 15.5. The van der Waals surface area contributed by atoms with Crippen molar-refractivity contribution in [3.63, 3.8) is 0 Å². The molecule has 2 unspecified atom stereocenters. The first-order valence-corrected chi connectivity index (χ1v) is 16.2. The highest BCUT2D eigenvalue weighted by atomic mass is 14.9. The lowest BCUT2D eigenvalue weighted by molar-refractivity contribution is 0.828. The van der Waals surface area contributed by atoms with E-state index in [1.807, 2.05) is 12.3 Å². The molecule has 0 aliphatic carbocycles. The molecule has 1 N–H and O–H groups in total. The molecular weight excluding hydrogens is 555 g/mol. The second kappa shape index (κ2) is 12.0. The van der Waals surface area contributed by atoms with Crippen LogP contribution in [0.15, 0.2) is 176 Å². The molecule has 0 amide bonds. The van der Waals surface area contributed by atoms with Gasteiger partial charge in [-0.25, -0.2) is 0 Å². The zero-order valence-corrected chi connectivity index (χ0v) is 25.9. The van der Waals surface area contributed by atoms with Crippen molar-refractivity contribution in [3.05, 3.63) is 182 Å². The van der Waals surface area contributed by atoms with Gasteiger partial charge in [0, 0.05) is 0 Å². The van der Waals surface area contributed by atoms with Gasteiger partial charge in [-0.2, -0.15) is 0 Å². The third kappa shape index (κ3) is 5.01. The van der Waals surface area contributed by atoms with Crippen LogP contribution in [0.2, 0.25) is 0 Å². The molecule has 0 saturated carbocycles. The minimum absolute atomic E-state index is 0.238. The van der Waals surface area contributed by atoms with Crippen molar-refractivity contribution >= 4 is 43.1 Å². The van der Waals surface area contributed by atoms with Crippen molar-refractivity contribution in [3.8, 4) is 22.3 Å². The molecule has 8 rings (SSSR count). The Morgan fingerprint density at radius 3 is 1.89 bits per heavy atom. The lowest BCUT2D eigenvalue weighted by atomic mass is 9.83. The summed E-state index contributed by atoms with van der Waals surface area (Å²) < 4.78 is 0. The number of dihydropyridines is 1. The van der Waals surface area contributed by atoms with Crippen molar-refractivity contribution in [2.75, 3.05) is 0 Å². The summed E-state index contributed by atoms with van der Waals surface area (Å²) in [7, 11) is 0. The van der Waals surface area contributed by atoms with Gasteiger partial charge in [0.15, 0.2) is 0 Å². The number of nitrogens with one attached hydrogen (secondary N) is 1. The van der Waals surface area contributed by atoms with Gasteiger partial charge in [0.1, 0.15) is 0 Å². The number of benzene rings is 7. The average molecular weight is 590 g/mol. The Morgan fingerprint density at radius 2 is 1.20 bits per heavy atom. The summed E-state index contributed by atoms with van der Waals surface area (Å²) >= 11 is 0. The van der Waals surface area contributed by atoms with E-state index in [2.05, 4.69) is 176 Å². The first kappa shape index (κ1) is 27.9. The molecule has 7 aromatic carbocycles. The molecule has 220 valence electrons. The van der Waals surface area contributed by atoms with E-state index in [0.29, 0.717) is 0 Å². The highest BCUT2D eigenvalue weighted by Gasteiger charge is 2.19. The van der Waals surface area contributed by atoms with E-state index in [1.165, 1.54) is 70.9 Å². The Kier molecular flexibility index (Phi) is 7.28. The van der Waals surface area contributed by atoms with Gasteiger partial charge < -0.3 is 5.32 Å². The van der Waals surface area contributed by atoms with E-state index in [9.17, 15) is 0 Å². The van der Waals surface area contributed by atoms with Gasteiger partial charge in [-0.15, -0.1) is 0 Å². The van der Waals surface area contributed by atoms with Crippen molar-refractivity contribution in [2.45, 2.75) is 18.9 Å². The van der Waals surface area contributed by atoms with Gasteiger partial charge in [-0.05, 0) is 95.2 Å². The first-order valence-electron chi connectivity index (χ1n) is 16.2. The van der Waals surface area contributed by atoms with Crippen LogP contribution >= 0.6 is 0 Å². The highest BCUT2D eigenvalue weighted by Crippen LogP contribution is 2.46. The van der Waals surface area contributed by atoms with Crippen LogP contribution in [-0.2, 0) is 0 Å². The van der Waals surface area contributed by atoms with Crippen LogP contribution in [0.5, 0.6) is 0 Å². The Bertz CT molecular complexity index is 2310. The molecule has 0 saturated heterocycles. The maximum Gasteiger partial charge on any atom is 0.0629 e. The second-order valence-electron chi connectivity index (χ2n) is 12.1. The molecule has 1 heteroatoms. The molecule has 0 radical (unpaired) electrons. The van der Waals surface area contributed by atoms with Gasteiger partial charge >= 0.3 is 0 Å². The van der Waals surface area contributed by atoms with Crippen LogP contribution in [0.4, 0.5) is 0 Å². The first-order chi connectivity index (χ1) is 22.8. The van der Waals surface area contributed by atoms with Crippen LogP contribution in [0.25, 0.3) is 65.3 Å². The zero-order chi connectivity index (χ0) is 30.9. The highest BCUT2D eigenvalue weighted by molar-refractivity contribution is 6.23. The predicted octanol–water partition coefficient (Wildman–Crippen LogP) is 11.9. The number of hydrogen-bond acceptors (Lipinski definition) is 1. The second-order valence-corrected chi connectivity index (χ2v) is 12.1. The van der Waals surface area contributed by atoms with E-state index >= 15 is 0 Å². The van der Waals surface area contributed by atoms with Gasteiger partial charge in [0.25, 0.3) is 0 Å². The molecule has 0 fully saturated rings. The molecule has 0 aromatic heterocycles. The van der Waals surface area contributed by atoms with Gasteiger partial charge in [0.05, 0.1) is 6.04 Å². The number of allylic oxidation sites excluding steroid dienone is 5. The van der Waals surface area contributed by atoms with Crippen molar-refractivity contribution < 1.29 is 0 Å². The minimum Gasteiger partial charge on any atom is -0.381 e. The van der Waals surface area contributed by atoms with E-state index in [1.54, 1.807) is 0 Å². The lowest BCUT2D eigenvalue weighted by Crippen LogP contribution is -2.20. The summed E-state index contributed by atoms with van der Waals surface area (Å²) in [5, 5.41) is 13.6. The summed E-state index contributed by atoms with van der Waals surface area (Å²) in [6.07, 6.45) is 17.0. The molecule has 7 aromatic rings. The largest absolute Gasteiger partial charge is 0.381 e. The van der Waals surface area contributed by atoms with Gasteiger partial charge in [-0.1, -0.05) is 165 Å². The van der Waals surface area contributed by atoms with Crippen molar-refractivity contribution in [1.29, 1.82) is 0 Å². The zero-order valence-electron chi connectivity index (χ0n) is 25.9. The topological polar surface area (TPSA) is 12.0 Å². The summed E-state index contributed by atoms with van der Waals surface area (Å²) in [4.78, 5) is 0. The average Bonchev–Trinajstić information content (AvgIpc) is 3.12. The molecule has 0 spiro atoms. The van der Waals surface area contributed by atoms with E-state index < -0.39 is 0 Å². The standard InChI is InChI=1S/C45H35N/c1-31(14-2-5-17-35-18-12-13-29-46-35)36-27-28-43(38-20-7-6-19-37(36)38)45-41-23-10-8-21-39(41)44(40-22-9-11-24-42(40)45)34-26-25-32-15-3-4-16-33(32)30-34/h2-31,35,46H,1H3/b14-2-,17-5+. The summed E-state index contributed by atoms with van der Waals surface area (Å²) in [5.41, 5.74) is 6.45. The Morgan fingerprint density at radius 1 is 0.565 bits per heavy atom. The third-order valence-corrected chi connectivity index (χ3v) is 9.33. The summed E-state index contributed by atoms with van der Waals surface area (Å²) in [5.74, 6) is 0.266. The quantitative estimate of drug-likeness (QED) is 0.150.